The number of hydrogen-bond donors (Lipinski definition) is 2. The number of guanidine groups is 1. The highest BCUT2D eigenvalue weighted by atomic mass is 19.1. The molecule has 2 aromatic rings. The Labute approximate surface area is 171 Å². The van der Waals surface area contributed by atoms with E-state index in [9.17, 15) is 4.39 Å². The van der Waals surface area contributed by atoms with Crippen LogP contribution >= 0.6 is 0 Å². The Morgan fingerprint density at radius 2 is 2.21 bits per heavy atom. The summed E-state index contributed by atoms with van der Waals surface area (Å²) in [5.74, 6) is 2.13. The van der Waals surface area contributed by atoms with Gasteiger partial charge in [0.25, 0.3) is 0 Å². The number of methoxy groups -OCH3 is 1. The summed E-state index contributed by atoms with van der Waals surface area (Å²) in [6.07, 6.45) is 4.77. The van der Waals surface area contributed by atoms with Crippen LogP contribution < -0.4 is 15.4 Å². The van der Waals surface area contributed by atoms with Crippen molar-refractivity contribution in [1.82, 2.24) is 10.6 Å². The van der Waals surface area contributed by atoms with E-state index in [4.69, 9.17) is 13.9 Å². The standard InChI is InChI=1S/C22H30FN3O3/c1-16(18-7-8-21(20(23)14-18)29-15-17-5-6-17)26-22(25-11-13-27-2)24-10-9-19-4-3-12-28-19/h3-4,7-8,12,14,16-17H,5-6,9-11,13,15H2,1-2H3,(H2,24,25,26). The van der Waals surface area contributed by atoms with Crippen molar-refractivity contribution in [3.8, 4) is 5.75 Å². The Bertz CT molecular complexity index is 776. The number of hydrogen-bond acceptors (Lipinski definition) is 4. The third kappa shape index (κ3) is 7.09. The van der Waals surface area contributed by atoms with Crippen LogP contribution in [0.5, 0.6) is 5.75 Å². The van der Waals surface area contributed by atoms with Crippen molar-refractivity contribution in [2.45, 2.75) is 32.2 Å². The molecule has 1 aromatic heterocycles. The van der Waals surface area contributed by atoms with Gasteiger partial charge in [-0.2, -0.15) is 0 Å². The molecule has 1 heterocycles. The topological polar surface area (TPSA) is 68.0 Å². The highest BCUT2D eigenvalue weighted by Crippen LogP contribution is 2.30. The van der Waals surface area contributed by atoms with Gasteiger partial charge in [0.15, 0.2) is 17.5 Å². The molecule has 29 heavy (non-hydrogen) atoms. The van der Waals surface area contributed by atoms with Crippen LogP contribution in [0.2, 0.25) is 0 Å². The molecule has 0 bridgehead atoms. The van der Waals surface area contributed by atoms with Crippen LogP contribution in [0.1, 0.15) is 37.1 Å². The van der Waals surface area contributed by atoms with Gasteiger partial charge in [0, 0.05) is 20.1 Å². The van der Waals surface area contributed by atoms with E-state index in [-0.39, 0.29) is 11.9 Å². The second-order valence-electron chi connectivity index (χ2n) is 7.29. The molecule has 0 aliphatic heterocycles. The number of benzene rings is 1. The number of rotatable bonds is 11. The van der Waals surface area contributed by atoms with Gasteiger partial charge in [0.05, 0.1) is 32.1 Å². The number of nitrogens with zero attached hydrogens (tertiary/aromatic N) is 1. The maximum Gasteiger partial charge on any atom is 0.191 e. The number of halogens is 1. The first-order valence-electron chi connectivity index (χ1n) is 10.1. The van der Waals surface area contributed by atoms with E-state index in [2.05, 4.69) is 15.6 Å². The van der Waals surface area contributed by atoms with Crippen LogP contribution in [-0.2, 0) is 11.2 Å². The summed E-state index contributed by atoms with van der Waals surface area (Å²) in [6, 6.07) is 8.80. The fourth-order valence-corrected chi connectivity index (χ4v) is 2.84. The average molecular weight is 403 g/mol. The smallest absolute Gasteiger partial charge is 0.191 e. The lowest BCUT2D eigenvalue weighted by Crippen LogP contribution is -2.40. The summed E-state index contributed by atoms with van der Waals surface area (Å²) in [4.78, 5) is 4.51. The SMILES string of the molecule is COCCN=C(NCCc1ccco1)NC(C)c1ccc(OCC2CC2)c(F)c1. The predicted octanol–water partition coefficient (Wildman–Crippen LogP) is 3.69. The molecule has 0 saturated heterocycles. The van der Waals surface area contributed by atoms with E-state index in [1.807, 2.05) is 25.1 Å². The average Bonchev–Trinajstić information content (AvgIpc) is 3.40. The molecule has 0 spiro atoms. The van der Waals surface area contributed by atoms with Crippen LogP contribution in [0, 0.1) is 11.7 Å². The maximum absolute atomic E-state index is 14.4. The highest BCUT2D eigenvalue weighted by molar-refractivity contribution is 5.80. The molecule has 7 heteroatoms. The minimum absolute atomic E-state index is 0.126. The molecule has 1 aliphatic carbocycles. The number of furan rings is 1. The summed E-state index contributed by atoms with van der Waals surface area (Å²) in [5.41, 5.74) is 0.827. The van der Waals surface area contributed by atoms with Gasteiger partial charge in [-0.25, -0.2) is 4.39 Å². The predicted molar refractivity (Wildman–Crippen MR) is 111 cm³/mol. The van der Waals surface area contributed by atoms with Gasteiger partial charge in [-0.3, -0.25) is 4.99 Å². The van der Waals surface area contributed by atoms with E-state index >= 15 is 0 Å². The van der Waals surface area contributed by atoms with Gasteiger partial charge in [0.1, 0.15) is 5.76 Å². The first-order valence-corrected chi connectivity index (χ1v) is 10.1. The van der Waals surface area contributed by atoms with Crippen molar-refractivity contribution in [1.29, 1.82) is 0 Å². The molecule has 1 aromatic carbocycles. The fourth-order valence-electron chi connectivity index (χ4n) is 2.84. The zero-order valence-corrected chi connectivity index (χ0v) is 17.1. The summed E-state index contributed by atoms with van der Waals surface area (Å²) >= 11 is 0. The Kier molecular flexibility index (Phi) is 7.93. The minimum Gasteiger partial charge on any atom is -0.490 e. The lowest BCUT2D eigenvalue weighted by Gasteiger charge is -2.19. The lowest BCUT2D eigenvalue weighted by atomic mass is 10.1. The van der Waals surface area contributed by atoms with Crippen molar-refractivity contribution in [3.63, 3.8) is 0 Å². The largest absolute Gasteiger partial charge is 0.490 e. The van der Waals surface area contributed by atoms with Gasteiger partial charge in [-0.1, -0.05) is 6.07 Å². The molecule has 0 amide bonds. The molecule has 2 N–H and O–H groups in total. The Balaban J connectivity index is 1.56. The molecule has 1 atom stereocenters. The molecule has 0 radical (unpaired) electrons. The molecule has 1 fully saturated rings. The third-order valence-corrected chi connectivity index (χ3v) is 4.79. The van der Waals surface area contributed by atoms with E-state index in [0.717, 1.165) is 17.7 Å². The normalized spacial score (nSPS) is 15.2. The molecular weight excluding hydrogens is 373 g/mol. The molecule has 1 saturated carbocycles. The maximum atomic E-state index is 14.4. The second kappa shape index (κ2) is 10.9. The van der Waals surface area contributed by atoms with Crippen molar-refractivity contribution < 1.29 is 18.3 Å². The van der Waals surface area contributed by atoms with Gasteiger partial charge in [0.2, 0.25) is 0 Å². The minimum atomic E-state index is -0.333. The fraction of sp³-hybridized carbons (Fsp3) is 0.500. The van der Waals surface area contributed by atoms with E-state index < -0.39 is 0 Å². The van der Waals surface area contributed by atoms with Crippen LogP contribution in [0.4, 0.5) is 4.39 Å². The molecule has 1 unspecified atom stereocenters. The summed E-state index contributed by atoms with van der Waals surface area (Å²) < 4.78 is 30.4. The first-order chi connectivity index (χ1) is 14.2. The molecule has 3 rings (SSSR count). The van der Waals surface area contributed by atoms with Crippen molar-refractivity contribution >= 4 is 5.96 Å². The molecular formula is C22H30FN3O3. The molecule has 1 aliphatic rings. The third-order valence-electron chi connectivity index (χ3n) is 4.79. The van der Waals surface area contributed by atoms with Gasteiger partial charge < -0.3 is 24.5 Å². The Morgan fingerprint density at radius 3 is 2.90 bits per heavy atom. The second-order valence-corrected chi connectivity index (χ2v) is 7.29. The summed E-state index contributed by atoms with van der Waals surface area (Å²) in [7, 11) is 1.64. The Hall–Kier alpha value is -2.54. The van der Waals surface area contributed by atoms with E-state index in [1.165, 1.54) is 18.9 Å². The molecule has 158 valence electrons. The first kappa shape index (κ1) is 21.2. The van der Waals surface area contributed by atoms with Gasteiger partial charge in [-0.05, 0) is 55.5 Å². The number of nitrogens with one attached hydrogen (secondary N) is 2. The van der Waals surface area contributed by atoms with Gasteiger partial charge in [-0.15, -0.1) is 0 Å². The van der Waals surface area contributed by atoms with Crippen molar-refractivity contribution in [2.75, 3.05) is 33.4 Å². The zero-order chi connectivity index (χ0) is 20.5. The highest BCUT2D eigenvalue weighted by Gasteiger charge is 2.22. The quantitative estimate of drug-likeness (QED) is 0.340. The van der Waals surface area contributed by atoms with Crippen LogP contribution in [0.25, 0.3) is 0 Å². The zero-order valence-electron chi connectivity index (χ0n) is 17.1. The van der Waals surface area contributed by atoms with Crippen molar-refractivity contribution in [2.24, 2.45) is 10.9 Å². The van der Waals surface area contributed by atoms with Gasteiger partial charge >= 0.3 is 0 Å². The monoisotopic (exact) mass is 403 g/mol. The number of aliphatic imine (C=N–C) groups is 1. The summed E-state index contributed by atoms with van der Waals surface area (Å²) in [6.45, 7) is 4.30. The van der Waals surface area contributed by atoms with E-state index in [1.54, 1.807) is 19.4 Å². The van der Waals surface area contributed by atoms with Crippen molar-refractivity contribution in [3.05, 3.63) is 53.7 Å². The van der Waals surface area contributed by atoms with Crippen LogP contribution in [-0.4, -0.2) is 39.4 Å². The summed E-state index contributed by atoms with van der Waals surface area (Å²) in [5, 5.41) is 6.61. The lowest BCUT2D eigenvalue weighted by molar-refractivity contribution is 0.208. The van der Waals surface area contributed by atoms with Crippen LogP contribution in [0.15, 0.2) is 46.0 Å². The number of ether oxygens (including phenoxy) is 2. The Morgan fingerprint density at radius 1 is 1.34 bits per heavy atom. The van der Waals surface area contributed by atoms with E-state index in [0.29, 0.717) is 43.9 Å². The molecule has 6 nitrogen and oxygen atoms in total. The van der Waals surface area contributed by atoms with Crippen LogP contribution in [0.3, 0.4) is 0 Å².